The second-order valence-corrected chi connectivity index (χ2v) is 7.41. The molecule has 5 rings (SSSR count). The summed E-state index contributed by atoms with van der Waals surface area (Å²) in [5.74, 6) is 1.51. The summed E-state index contributed by atoms with van der Waals surface area (Å²) in [4.78, 5) is 38.8. The van der Waals surface area contributed by atoms with Crippen LogP contribution >= 0.6 is 0 Å². The van der Waals surface area contributed by atoms with Crippen LogP contribution in [0.3, 0.4) is 0 Å². The van der Waals surface area contributed by atoms with Gasteiger partial charge in [-0.15, -0.1) is 0 Å². The molecule has 4 aromatic rings. The van der Waals surface area contributed by atoms with Crippen LogP contribution in [0, 0.1) is 0 Å². The maximum absolute atomic E-state index is 11.7. The number of benzene rings is 1. The third-order valence-electron chi connectivity index (χ3n) is 5.46. The van der Waals surface area contributed by atoms with Crippen molar-refractivity contribution in [2.75, 3.05) is 25.2 Å². The number of aromatic nitrogens is 6. The zero-order valence-corrected chi connectivity index (χ0v) is 17.4. The van der Waals surface area contributed by atoms with Crippen molar-refractivity contribution in [1.29, 1.82) is 0 Å². The Morgan fingerprint density at radius 1 is 1.19 bits per heavy atom. The van der Waals surface area contributed by atoms with E-state index in [1.165, 1.54) is 7.11 Å². The van der Waals surface area contributed by atoms with Crippen molar-refractivity contribution in [2.24, 2.45) is 0 Å². The highest BCUT2D eigenvalue weighted by molar-refractivity contribution is 5.90. The summed E-state index contributed by atoms with van der Waals surface area (Å²) in [6, 6.07) is 7.18. The molecule has 32 heavy (non-hydrogen) atoms. The van der Waals surface area contributed by atoms with Crippen molar-refractivity contribution in [1.82, 2.24) is 29.9 Å². The summed E-state index contributed by atoms with van der Waals surface area (Å²) >= 11 is 0. The van der Waals surface area contributed by atoms with Crippen LogP contribution in [0.2, 0.25) is 0 Å². The van der Waals surface area contributed by atoms with E-state index in [9.17, 15) is 4.79 Å². The molecule has 1 aliphatic heterocycles. The van der Waals surface area contributed by atoms with Gasteiger partial charge in [-0.25, -0.2) is 29.7 Å². The van der Waals surface area contributed by atoms with E-state index in [1.54, 1.807) is 43.2 Å². The first-order valence-electron chi connectivity index (χ1n) is 10.3. The molecule has 1 aromatic carbocycles. The van der Waals surface area contributed by atoms with Gasteiger partial charge in [-0.1, -0.05) is 12.1 Å². The number of nitrogens with zero attached hydrogens (tertiary/aromatic N) is 6. The minimum atomic E-state index is -0.399. The van der Waals surface area contributed by atoms with Crippen molar-refractivity contribution >= 4 is 23.0 Å². The number of anilines is 1. The smallest absolute Gasteiger partial charge is 0.337 e. The molecule has 1 saturated heterocycles. The van der Waals surface area contributed by atoms with Crippen LogP contribution in [0.5, 0.6) is 5.75 Å². The van der Waals surface area contributed by atoms with Crippen LogP contribution in [0.4, 0.5) is 5.82 Å². The van der Waals surface area contributed by atoms with Crippen LogP contribution in [-0.4, -0.2) is 62.2 Å². The Morgan fingerprint density at radius 3 is 2.91 bits per heavy atom. The Balaban J connectivity index is 1.27. The molecule has 0 bridgehead atoms. The predicted octanol–water partition coefficient (Wildman–Crippen LogP) is 2.64. The summed E-state index contributed by atoms with van der Waals surface area (Å²) in [7, 11) is 1.35. The number of carbonyl (C=O) groups is 1. The maximum Gasteiger partial charge on any atom is 0.337 e. The largest absolute Gasteiger partial charge is 0.488 e. The monoisotopic (exact) mass is 431 g/mol. The van der Waals surface area contributed by atoms with Gasteiger partial charge in [0.25, 0.3) is 0 Å². The van der Waals surface area contributed by atoms with E-state index in [0.29, 0.717) is 23.7 Å². The lowest BCUT2D eigenvalue weighted by molar-refractivity contribution is 0.0601. The zero-order valence-electron chi connectivity index (χ0n) is 17.4. The highest BCUT2D eigenvalue weighted by Gasteiger charge is 2.28. The fourth-order valence-electron chi connectivity index (χ4n) is 3.89. The van der Waals surface area contributed by atoms with Crippen molar-refractivity contribution in [3.63, 3.8) is 0 Å². The van der Waals surface area contributed by atoms with Gasteiger partial charge in [0.2, 0.25) is 0 Å². The first-order chi connectivity index (χ1) is 15.7. The highest BCUT2D eigenvalue weighted by atomic mass is 16.5. The van der Waals surface area contributed by atoms with Crippen LogP contribution in [0.25, 0.3) is 22.6 Å². The Labute approximate surface area is 183 Å². The van der Waals surface area contributed by atoms with Gasteiger partial charge in [0.1, 0.15) is 18.5 Å². The molecule has 0 amide bonds. The minimum absolute atomic E-state index is 0.168. The third kappa shape index (κ3) is 3.82. The van der Waals surface area contributed by atoms with Crippen molar-refractivity contribution in [3.8, 4) is 17.1 Å². The van der Waals surface area contributed by atoms with Gasteiger partial charge in [0.15, 0.2) is 23.0 Å². The van der Waals surface area contributed by atoms with Gasteiger partial charge in [0, 0.05) is 12.1 Å². The average molecular weight is 431 g/mol. The number of methoxy groups -OCH3 is 1. The fourth-order valence-corrected chi connectivity index (χ4v) is 3.89. The van der Waals surface area contributed by atoms with Crippen molar-refractivity contribution < 1.29 is 14.3 Å². The number of carbonyl (C=O) groups excluding carboxylic acids is 1. The molecule has 162 valence electrons. The fraction of sp³-hybridized carbons (Fsp3) is 0.273. The summed E-state index contributed by atoms with van der Waals surface area (Å²) < 4.78 is 10.8. The lowest BCUT2D eigenvalue weighted by atomic mass is 10.1. The van der Waals surface area contributed by atoms with E-state index in [-0.39, 0.29) is 6.04 Å². The molecule has 1 aliphatic rings. The molecule has 0 saturated carbocycles. The van der Waals surface area contributed by atoms with E-state index in [1.807, 2.05) is 6.07 Å². The summed E-state index contributed by atoms with van der Waals surface area (Å²) in [5, 5.41) is 0. The Morgan fingerprint density at radius 2 is 2.06 bits per heavy atom. The van der Waals surface area contributed by atoms with E-state index < -0.39 is 5.97 Å². The number of esters is 1. The molecule has 10 heteroatoms. The molecule has 3 aromatic heterocycles. The second-order valence-electron chi connectivity index (χ2n) is 7.41. The molecule has 1 N–H and O–H groups in total. The Bertz CT molecular complexity index is 1240. The maximum atomic E-state index is 11.7. The highest BCUT2D eigenvalue weighted by Crippen LogP contribution is 2.28. The molecule has 1 unspecified atom stereocenters. The van der Waals surface area contributed by atoms with Crippen LogP contribution in [-0.2, 0) is 4.74 Å². The normalized spacial score (nSPS) is 15.8. The van der Waals surface area contributed by atoms with Crippen LogP contribution < -0.4 is 9.64 Å². The molecule has 0 aliphatic carbocycles. The molecular formula is C22H21N7O3. The van der Waals surface area contributed by atoms with Crippen LogP contribution in [0.15, 0.2) is 49.3 Å². The standard InChI is InChI=1S/C22H21N7O3/c1-31-22(30)15-5-2-4-14(8-15)19-23-9-17(10-24-19)32-11-16-6-3-7-29(16)21-18-20(26-12-25-18)27-13-28-21/h2,4-5,8-10,12-13,16H,3,6-7,11H2,1H3,(H,25,26,27,28). The minimum Gasteiger partial charge on any atom is -0.488 e. The number of fused-ring (bicyclic) bond motifs is 1. The Hall–Kier alpha value is -4.08. The topological polar surface area (TPSA) is 119 Å². The SMILES string of the molecule is COC(=O)c1cccc(-c2ncc(OCC3CCCN3c3ncnc4[nH]cnc34)cn2)c1. The van der Waals surface area contributed by atoms with Gasteiger partial charge in [-0.05, 0) is 25.0 Å². The summed E-state index contributed by atoms with van der Waals surface area (Å²) in [5.41, 5.74) is 2.67. The van der Waals surface area contributed by atoms with Gasteiger partial charge in [0.05, 0.1) is 37.4 Å². The predicted molar refractivity (Wildman–Crippen MR) is 116 cm³/mol. The molecule has 10 nitrogen and oxygen atoms in total. The number of ether oxygens (including phenoxy) is 2. The number of hydrogen-bond donors (Lipinski definition) is 1. The third-order valence-corrected chi connectivity index (χ3v) is 5.46. The number of hydrogen-bond acceptors (Lipinski definition) is 9. The first-order valence-corrected chi connectivity index (χ1v) is 10.3. The Kier molecular flexibility index (Phi) is 5.32. The van der Waals surface area contributed by atoms with Gasteiger partial charge in [-0.3, -0.25) is 0 Å². The number of nitrogens with one attached hydrogen (secondary N) is 1. The number of H-pyrrole nitrogens is 1. The zero-order chi connectivity index (χ0) is 21.9. The molecule has 1 atom stereocenters. The van der Waals surface area contributed by atoms with E-state index in [2.05, 4.69) is 34.8 Å². The molecule has 1 fully saturated rings. The van der Waals surface area contributed by atoms with E-state index >= 15 is 0 Å². The summed E-state index contributed by atoms with van der Waals surface area (Å²) in [6.07, 6.45) is 8.51. The van der Waals surface area contributed by atoms with Gasteiger partial charge >= 0.3 is 5.97 Å². The average Bonchev–Trinajstić information content (AvgIpc) is 3.52. The number of aromatic amines is 1. The molecular weight excluding hydrogens is 410 g/mol. The summed E-state index contributed by atoms with van der Waals surface area (Å²) in [6.45, 7) is 1.37. The number of rotatable bonds is 6. The quantitative estimate of drug-likeness (QED) is 0.459. The second kappa shape index (κ2) is 8.58. The molecule has 0 radical (unpaired) electrons. The van der Waals surface area contributed by atoms with Gasteiger partial charge in [-0.2, -0.15) is 0 Å². The number of imidazole rings is 1. The van der Waals surface area contributed by atoms with Crippen LogP contribution in [0.1, 0.15) is 23.2 Å². The van der Waals surface area contributed by atoms with Crippen molar-refractivity contribution in [2.45, 2.75) is 18.9 Å². The molecule has 0 spiro atoms. The first kappa shape index (κ1) is 19.9. The van der Waals surface area contributed by atoms with Crippen molar-refractivity contribution in [3.05, 3.63) is 54.9 Å². The molecule has 4 heterocycles. The lowest BCUT2D eigenvalue weighted by Crippen LogP contribution is -2.35. The van der Waals surface area contributed by atoms with Gasteiger partial charge < -0.3 is 19.4 Å². The van der Waals surface area contributed by atoms with E-state index in [4.69, 9.17) is 9.47 Å². The lowest BCUT2D eigenvalue weighted by Gasteiger charge is -2.25. The van der Waals surface area contributed by atoms with E-state index in [0.717, 1.165) is 41.9 Å².